The van der Waals surface area contributed by atoms with Crippen molar-refractivity contribution in [2.75, 3.05) is 0 Å². The van der Waals surface area contributed by atoms with E-state index in [1.807, 2.05) is 30.6 Å². The summed E-state index contributed by atoms with van der Waals surface area (Å²) in [5.74, 6) is 0. The van der Waals surface area contributed by atoms with Crippen LogP contribution < -0.4 is 5.73 Å². The summed E-state index contributed by atoms with van der Waals surface area (Å²) < 4.78 is 0. The molecule has 1 aromatic carbocycles. The van der Waals surface area contributed by atoms with Crippen molar-refractivity contribution in [1.82, 2.24) is 9.97 Å². The maximum atomic E-state index is 6.36. The number of para-hydroxylation sites is 1. The molecule has 4 heteroatoms. The summed E-state index contributed by atoms with van der Waals surface area (Å²) in [5, 5.41) is 1.12. The highest BCUT2D eigenvalue weighted by molar-refractivity contribution is 7.09. The van der Waals surface area contributed by atoms with Crippen molar-refractivity contribution < 1.29 is 0 Å². The number of hydrogen-bond acceptors (Lipinski definition) is 4. The second-order valence-corrected chi connectivity index (χ2v) is 5.09. The van der Waals surface area contributed by atoms with Crippen molar-refractivity contribution in [3.05, 3.63) is 58.2 Å². The summed E-state index contributed by atoms with van der Waals surface area (Å²) in [6, 6.07) is 9.96. The van der Waals surface area contributed by atoms with E-state index in [1.54, 1.807) is 17.5 Å². The molecule has 2 heterocycles. The maximum Gasteiger partial charge on any atom is 0.0798 e. The molecule has 0 aliphatic heterocycles. The normalized spacial score (nSPS) is 12.8. The Morgan fingerprint density at radius 1 is 1.17 bits per heavy atom. The van der Waals surface area contributed by atoms with Crippen LogP contribution in [0.5, 0.6) is 0 Å². The maximum absolute atomic E-state index is 6.36. The quantitative estimate of drug-likeness (QED) is 0.765. The molecule has 0 aliphatic rings. The SMILES string of the molecule is Cc1ncsc1C(N)c1cccc2cccnc12. The van der Waals surface area contributed by atoms with Gasteiger partial charge in [-0.15, -0.1) is 11.3 Å². The van der Waals surface area contributed by atoms with Crippen molar-refractivity contribution in [3.63, 3.8) is 0 Å². The minimum Gasteiger partial charge on any atom is -0.319 e. The Labute approximate surface area is 109 Å². The van der Waals surface area contributed by atoms with Crippen LogP contribution in [0.1, 0.15) is 22.2 Å². The van der Waals surface area contributed by atoms with Crippen LogP contribution >= 0.6 is 11.3 Å². The summed E-state index contributed by atoms with van der Waals surface area (Å²) in [7, 11) is 0. The van der Waals surface area contributed by atoms with E-state index in [-0.39, 0.29) is 6.04 Å². The number of nitrogens with two attached hydrogens (primary N) is 1. The van der Waals surface area contributed by atoms with Crippen LogP contribution in [0.4, 0.5) is 0 Å². The molecule has 0 saturated carbocycles. The highest BCUT2D eigenvalue weighted by Crippen LogP contribution is 2.29. The Morgan fingerprint density at radius 3 is 2.78 bits per heavy atom. The average molecular weight is 255 g/mol. The highest BCUT2D eigenvalue weighted by atomic mass is 32.1. The first-order chi connectivity index (χ1) is 8.77. The third-order valence-electron chi connectivity index (χ3n) is 3.06. The van der Waals surface area contributed by atoms with Gasteiger partial charge in [-0.2, -0.15) is 0 Å². The zero-order valence-electron chi connectivity index (χ0n) is 10.00. The van der Waals surface area contributed by atoms with Gasteiger partial charge in [0.05, 0.1) is 22.8 Å². The first kappa shape index (κ1) is 11.3. The van der Waals surface area contributed by atoms with Gasteiger partial charge in [-0.1, -0.05) is 24.3 Å². The lowest BCUT2D eigenvalue weighted by Gasteiger charge is -2.13. The molecule has 3 aromatic rings. The van der Waals surface area contributed by atoms with E-state index >= 15 is 0 Å². The Morgan fingerprint density at radius 2 is 2.00 bits per heavy atom. The van der Waals surface area contributed by atoms with Crippen LogP contribution in [0.25, 0.3) is 10.9 Å². The highest BCUT2D eigenvalue weighted by Gasteiger charge is 2.16. The predicted molar refractivity (Wildman–Crippen MR) is 74.6 cm³/mol. The molecular weight excluding hydrogens is 242 g/mol. The minimum absolute atomic E-state index is 0.156. The zero-order chi connectivity index (χ0) is 12.5. The Balaban J connectivity index is 2.18. The average Bonchev–Trinajstić information content (AvgIpc) is 2.83. The van der Waals surface area contributed by atoms with Gasteiger partial charge in [0.25, 0.3) is 0 Å². The lowest BCUT2D eigenvalue weighted by Crippen LogP contribution is -2.12. The molecule has 1 unspecified atom stereocenters. The minimum atomic E-state index is -0.156. The van der Waals surface area contributed by atoms with Crippen molar-refractivity contribution in [2.24, 2.45) is 5.73 Å². The number of hydrogen-bond donors (Lipinski definition) is 1. The molecule has 2 aromatic heterocycles. The van der Waals surface area contributed by atoms with E-state index in [1.165, 1.54) is 0 Å². The number of nitrogens with zero attached hydrogens (tertiary/aromatic N) is 2. The van der Waals surface area contributed by atoms with E-state index in [4.69, 9.17) is 5.73 Å². The fraction of sp³-hybridized carbons (Fsp3) is 0.143. The number of rotatable bonds is 2. The van der Waals surface area contributed by atoms with Gasteiger partial charge in [0.15, 0.2) is 0 Å². The third-order valence-corrected chi connectivity index (χ3v) is 4.08. The van der Waals surface area contributed by atoms with Crippen LogP contribution in [0.15, 0.2) is 42.0 Å². The first-order valence-corrected chi connectivity index (χ1v) is 6.64. The summed E-state index contributed by atoms with van der Waals surface area (Å²) in [6.07, 6.45) is 1.80. The van der Waals surface area contributed by atoms with Crippen LogP contribution in [0.2, 0.25) is 0 Å². The van der Waals surface area contributed by atoms with Gasteiger partial charge in [-0.05, 0) is 13.0 Å². The molecule has 0 fully saturated rings. The number of aromatic nitrogens is 2. The molecule has 0 spiro atoms. The molecule has 90 valence electrons. The van der Waals surface area contributed by atoms with Gasteiger partial charge in [0.2, 0.25) is 0 Å². The van der Waals surface area contributed by atoms with Crippen LogP contribution in [-0.2, 0) is 0 Å². The van der Waals surface area contributed by atoms with Crippen LogP contribution in [-0.4, -0.2) is 9.97 Å². The number of thiazole rings is 1. The van der Waals surface area contributed by atoms with Crippen molar-refractivity contribution in [3.8, 4) is 0 Å². The molecule has 0 bridgehead atoms. The zero-order valence-corrected chi connectivity index (χ0v) is 10.8. The number of benzene rings is 1. The van der Waals surface area contributed by atoms with Gasteiger partial charge >= 0.3 is 0 Å². The molecule has 1 atom stereocenters. The van der Waals surface area contributed by atoms with Crippen LogP contribution in [0.3, 0.4) is 0 Å². The van der Waals surface area contributed by atoms with Gasteiger partial charge in [0, 0.05) is 22.0 Å². The number of aryl methyl sites for hydroxylation is 1. The first-order valence-electron chi connectivity index (χ1n) is 5.76. The molecule has 3 nitrogen and oxygen atoms in total. The Kier molecular flexibility index (Phi) is 2.81. The molecular formula is C14H13N3S. The Hall–Kier alpha value is -1.78. The van der Waals surface area contributed by atoms with E-state index < -0.39 is 0 Å². The molecule has 2 N–H and O–H groups in total. The van der Waals surface area contributed by atoms with Crippen LogP contribution in [0, 0.1) is 6.92 Å². The van der Waals surface area contributed by atoms with Gasteiger partial charge in [0.1, 0.15) is 0 Å². The molecule has 18 heavy (non-hydrogen) atoms. The van der Waals surface area contributed by atoms with Crippen molar-refractivity contribution >= 4 is 22.2 Å². The Bertz CT molecular complexity index is 685. The standard InChI is InChI=1S/C14H13N3S/c1-9-14(18-8-17-9)12(15)11-6-2-4-10-5-3-7-16-13(10)11/h2-8,12H,15H2,1H3. The van der Waals surface area contributed by atoms with Gasteiger partial charge in [-0.25, -0.2) is 4.98 Å². The summed E-state index contributed by atoms with van der Waals surface area (Å²) in [5.41, 5.74) is 11.2. The van der Waals surface area contributed by atoms with E-state index in [9.17, 15) is 0 Å². The lowest BCUT2D eigenvalue weighted by atomic mass is 10.0. The predicted octanol–water partition coefficient (Wildman–Crippen LogP) is 3.05. The van der Waals surface area contributed by atoms with Gasteiger partial charge < -0.3 is 5.73 Å². The van der Waals surface area contributed by atoms with Crippen molar-refractivity contribution in [1.29, 1.82) is 0 Å². The molecule has 0 amide bonds. The smallest absolute Gasteiger partial charge is 0.0798 e. The summed E-state index contributed by atoms with van der Waals surface area (Å²) >= 11 is 1.60. The monoisotopic (exact) mass is 255 g/mol. The molecule has 0 saturated heterocycles. The topological polar surface area (TPSA) is 51.8 Å². The number of fused-ring (bicyclic) bond motifs is 1. The van der Waals surface area contributed by atoms with Gasteiger partial charge in [-0.3, -0.25) is 4.98 Å². The fourth-order valence-corrected chi connectivity index (χ4v) is 2.95. The van der Waals surface area contributed by atoms with E-state index in [2.05, 4.69) is 22.1 Å². The molecule has 0 radical (unpaired) electrons. The second-order valence-electron chi connectivity index (χ2n) is 4.20. The van der Waals surface area contributed by atoms with E-state index in [0.717, 1.165) is 27.0 Å². The summed E-state index contributed by atoms with van der Waals surface area (Å²) in [6.45, 7) is 1.99. The number of pyridine rings is 1. The summed E-state index contributed by atoms with van der Waals surface area (Å²) in [4.78, 5) is 9.81. The molecule has 0 aliphatic carbocycles. The fourth-order valence-electron chi connectivity index (χ4n) is 2.13. The largest absolute Gasteiger partial charge is 0.319 e. The molecule has 3 rings (SSSR count). The van der Waals surface area contributed by atoms with Crippen molar-refractivity contribution in [2.45, 2.75) is 13.0 Å². The second kappa shape index (κ2) is 4.48. The third kappa shape index (κ3) is 1.79. The lowest BCUT2D eigenvalue weighted by molar-refractivity contribution is 0.883. The van der Waals surface area contributed by atoms with E-state index in [0.29, 0.717) is 0 Å².